The van der Waals surface area contributed by atoms with Crippen LogP contribution in [-0.4, -0.2) is 27.3 Å². The summed E-state index contributed by atoms with van der Waals surface area (Å²) in [7, 11) is 1.86. The Balaban J connectivity index is 1.44. The second kappa shape index (κ2) is 6.96. The van der Waals surface area contributed by atoms with Gasteiger partial charge in [-0.25, -0.2) is 9.78 Å². The molecule has 1 saturated carbocycles. The maximum atomic E-state index is 12.4. The Hall–Kier alpha value is -2.41. The zero-order valence-corrected chi connectivity index (χ0v) is 17.0. The van der Waals surface area contributed by atoms with E-state index in [1.54, 1.807) is 10.9 Å². The predicted octanol–water partition coefficient (Wildman–Crippen LogP) is 4.28. The summed E-state index contributed by atoms with van der Waals surface area (Å²) in [6, 6.07) is 10.1. The van der Waals surface area contributed by atoms with E-state index >= 15 is 0 Å². The fourth-order valence-corrected chi connectivity index (χ4v) is 4.19. The second-order valence-corrected chi connectivity index (χ2v) is 8.17. The number of pyridine rings is 1. The first-order valence-electron chi connectivity index (χ1n) is 9.07. The van der Waals surface area contributed by atoms with E-state index in [1.807, 2.05) is 26.1 Å². The molecular weight excluding hydrogens is 406 g/mol. The topological polar surface area (TPSA) is 71.8 Å². The summed E-state index contributed by atoms with van der Waals surface area (Å²) < 4.78 is 2.81. The second-order valence-electron chi connectivity index (χ2n) is 7.26. The normalized spacial score (nSPS) is 15.4. The van der Waals surface area contributed by atoms with Crippen molar-refractivity contribution >= 4 is 38.7 Å². The van der Waals surface area contributed by atoms with Crippen LogP contribution in [0.15, 0.2) is 41.0 Å². The molecule has 0 aliphatic heterocycles. The van der Waals surface area contributed by atoms with Crippen molar-refractivity contribution < 1.29 is 4.79 Å². The van der Waals surface area contributed by atoms with Gasteiger partial charge < -0.3 is 10.6 Å². The molecule has 1 aliphatic carbocycles. The quantitative estimate of drug-likeness (QED) is 0.652. The number of nitrogens with zero attached hydrogens (tertiary/aromatic N) is 3. The Morgan fingerprint density at radius 1 is 1.33 bits per heavy atom. The summed E-state index contributed by atoms with van der Waals surface area (Å²) in [5.74, 6) is 0. The third kappa shape index (κ3) is 3.43. The molecule has 0 radical (unpaired) electrons. The van der Waals surface area contributed by atoms with Gasteiger partial charge in [-0.3, -0.25) is 4.68 Å². The van der Waals surface area contributed by atoms with Gasteiger partial charge in [0.1, 0.15) is 0 Å². The van der Waals surface area contributed by atoms with Crippen LogP contribution in [0.25, 0.3) is 11.0 Å². The maximum absolute atomic E-state index is 12.4. The van der Waals surface area contributed by atoms with Crippen LogP contribution in [0.2, 0.25) is 0 Å². The highest BCUT2D eigenvalue weighted by atomic mass is 79.9. The van der Waals surface area contributed by atoms with E-state index in [2.05, 4.69) is 54.8 Å². The molecule has 4 rings (SSSR count). The van der Waals surface area contributed by atoms with E-state index in [0.29, 0.717) is 12.2 Å². The molecule has 0 bridgehead atoms. The lowest BCUT2D eigenvalue weighted by Gasteiger charge is -2.42. The van der Waals surface area contributed by atoms with Gasteiger partial charge >= 0.3 is 6.03 Å². The Morgan fingerprint density at radius 3 is 2.85 bits per heavy atom. The number of aromatic nitrogens is 3. The minimum Gasteiger partial charge on any atom is -0.337 e. The molecule has 2 N–H and O–H groups in total. The van der Waals surface area contributed by atoms with Crippen LogP contribution in [0, 0.1) is 6.92 Å². The summed E-state index contributed by atoms with van der Waals surface area (Å²) >= 11 is 3.55. The Morgan fingerprint density at radius 2 is 2.15 bits per heavy atom. The first-order valence-corrected chi connectivity index (χ1v) is 9.86. The molecule has 6 nitrogen and oxygen atoms in total. The summed E-state index contributed by atoms with van der Waals surface area (Å²) in [6.45, 7) is 2.56. The molecule has 2 aromatic heterocycles. The number of nitrogens with one attached hydrogen (secondary N) is 2. The highest BCUT2D eigenvalue weighted by Crippen LogP contribution is 2.43. The average Bonchev–Trinajstić information content (AvgIpc) is 2.88. The molecule has 2 amide bonds. The fourth-order valence-electron chi connectivity index (χ4n) is 3.79. The molecule has 0 saturated heterocycles. The van der Waals surface area contributed by atoms with Gasteiger partial charge in [-0.15, -0.1) is 0 Å². The van der Waals surface area contributed by atoms with Gasteiger partial charge in [-0.05, 0) is 43.5 Å². The molecule has 1 fully saturated rings. The lowest BCUT2D eigenvalue weighted by atomic mass is 9.64. The van der Waals surface area contributed by atoms with Gasteiger partial charge in [0.05, 0.1) is 17.6 Å². The number of halogens is 1. The summed E-state index contributed by atoms with van der Waals surface area (Å²) in [5, 5.41) is 11.2. The number of benzene rings is 1. The molecule has 1 aromatic carbocycles. The minimum absolute atomic E-state index is 0.0310. The van der Waals surface area contributed by atoms with Crippen molar-refractivity contribution in [1.82, 2.24) is 20.1 Å². The van der Waals surface area contributed by atoms with E-state index in [0.717, 1.165) is 34.0 Å². The molecular formula is C20H22BrN5O. The van der Waals surface area contributed by atoms with Gasteiger partial charge in [0, 0.05) is 28.9 Å². The SMILES string of the molecule is Cc1nn(C)c2ncc(NC(=O)NCC3(c4cccc(Br)c4)CCC3)cc12. The first kappa shape index (κ1) is 18.0. The monoisotopic (exact) mass is 427 g/mol. The van der Waals surface area contributed by atoms with Crippen LogP contribution in [0.3, 0.4) is 0 Å². The molecule has 1 aliphatic rings. The number of rotatable bonds is 4. The van der Waals surface area contributed by atoms with E-state index in [9.17, 15) is 4.79 Å². The van der Waals surface area contributed by atoms with Gasteiger partial charge in [-0.2, -0.15) is 5.10 Å². The molecule has 0 spiro atoms. The van der Waals surface area contributed by atoms with Crippen molar-refractivity contribution in [2.24, 2.45) is 7.05 Å². The Kier molecular flexibility index (Phi) is 4.63. The number of aryl methyl sites for hydroxylation is 2. The van der Waals surface area contributed by atoms with Crippen molar-refractivity contribution in [2.75, 3.05) is 11.9 Å². The van der Waals surface area contributed by atoms with E-state index in [1.165, 1.54) is 12.0 Å². The van der Waals surface area contributed by atoms with Crippen LogP contribution >= 0.6 is 15.9 Å². The minimum atomic E-state index is -0.209. The predicted molar refractivity (Wildman–Crippen MR) is 110 cm³/mol. The van der Waals surface area contributed by atoms with E-state index in [4.69, 9.17) is 0 Å². The van der Waals surface area contributed by atoms with Crippen molar-refractivity contribution in [1.29, 1.82) is 0 Å². The fraction of sp³-hybridized carbons (Fsp3) is 0.350. The molecule has 2 heterocycles. The standard InChI is InChI=1S/C20H22BrN5O/c1-13-17-10-16(11-22-18(17)26(2)25-13)24-19(27)23-12-20(7-4-8-20)14-5-3-6-15(21)9-14/h3,5-6,9-11H,4,7-8,12H2,1-2H3,(H2,23,24,27). The van der Waals surface area contributed by atoms with Crippen LogP contribution in [0.4, 0.5) is 10.5 Å². The molecule has 0 unspecified atom stereocenters. The van der Waals surface area contributed by atoms with E-state index in [-0.39, 0.29) is 11.4 Å². The number of carbonyl (C=O) groups is 1. The van der Waals surface area contributed by atoms with Crippen molar-refractivity contribution in [3.63, 3.8) is 0 Å². The molecule has 0 atom stereocenters. The zero-order valence-electron chi connectivity index (χ0n) is 15.4. The van der Waals surface area contributed by atoms with Gasteiger partial charge in [0.15, 0.2) is 5.65 Å². The smallest absolute Gasteiger partial charge is 0.319 e. The average molecular weight is 428 g/mol. The number of hydrogen-bond donors (Lipinski definition) is 2. The van der Waals surface area contributed by atoms with Crippen LogP contribution in [0.5, 0.6) is 0 Å². The third-order valence-corrected chi connectivity index (χ3v) is 5.95. The van der Waals surface area contributed by atoms with Gasteiger partial charge in [0.2, 0.25) is 0 Å². The number of carbonyl (C=O) groups excluding carboxylic acids is 1. The number of amides is 2. The molecule has 3 aromatic rings. The van der Waals surface area contributed by atoms with Crippen LogP contribution in [-0.2, 0) is 12.5 Å². The number of fused-ring (bicyclic) bond motifs is 1. The maximum Gasteiger partial charge on any atom is 0.319 e. The largest absolute Gasteiger partial charge is 0.337 e. The van der Waals surface area contributed by atoms with E-state index < -0.39 is 0 Å². The lowest BCUT2D eigenvalue weighted by Crippen LogP contribution is -2.46. The highest BCUT2D eigenvalue weighted by Gasteiger charge is 2.38. The van der Waals surface area contributed by atoms with Crippen molar-refractivity contribution in [2.45, 2.75) is 31.6 Å². The lowest BCUT2D eigenvalue weighted by molar-refractivity contribution is 0.222. The van der Waals surface area contributed by atoms with Gasteiger partial charge in [0.25, 0.3) is 0 Å². The molecule has 7 heteroatoms. The number of urea groups is 1. The molecule has 27 heavy (non-hydrogen) atoms. The number of hydrogen-bond acceptors (Lipinski definition) is 3. The molecule has 140 valence electrons. The summed E-state index contributed by atoms with van der Waals surface area (Å²) in [5.41, 5.74) is 3.68. The van der Waals surface area contributed by atoms with Gasteiger partial charge in [-0.1, -0.05) is 34.5 Å². The van der Waals surface area contributed by atoms with Crippen molar-refractivity contribution in [3.05, 3.63) is 52.3 Å². The number of anilines is 1. The zero-order chi connectivity index (χ0) is 19.0. The van der Waals surface area contributed by atoms with Crippen LogP contribution in [0.1, 0.15) is 30.5 Å². The van der Waals surface area contributed by atoms with Crippen molar-refractivity contribution in [3.8, 4) is 0 Å². The highest BCUT2D eigenvalue weighted by molar-refractivity contribution is 9.10. The first-order chi connectivity index (χ1) is 13.0. The Labute approximate surface area is 166 Å². The van der Waals surface area contributed by atoms with Crippen LogP contribution < -0.4 is 10.6 Å². The Bertz CT molecular complexity index is 1010. The summed E-state index contributed by atoms with van der Waals surface area (Å²) in [6.07, 6.45) is 5.03. The third-order valence-electron chi connectivity index (χ3n) is 5.46. The summed E-state index contributed by atoms with van der Waals surface area (Å²) in [4.78, 5) is 16.8.